The lowest BCUT2D eigenvalue weighted by Gasteiger charge is -2.19. The zero-order valence-corrected chi connectivity index (χ0v) is 14.1. The minimum absolute atomic E-state index is 0.0220. The molecule has 138 valence electrons. The van der Waals surface area contributed by atoms with E-state index in [1.165, 1.54) is 6.07 Å². The number of aliphatic hydroxyl groups is 1. The van der Waals surface area contributed by atoms with Gasteiger partial charge in [0.25, 0.3) is 0 Å². The summed E-state index contributed by atoms with van der Waals surface area (Å²) in [4.78, 5) is 2.23. The molecule has 0 amide bonds. The van der Waals surface area contributed by atoms with Crippen LogP contribution in [0.1, 0.15) is 17.5 Å². The molecule has 1 aliphatic heterocycles. The van der Waals surface area contributed by atoms with E-state index in [4.69, 9.17) is 9.95 Å². The van der Waals surface area contributed by atoms with E-state index in [1.54, 1.807) is 12.5 Å². The quantitative estimate of drug-likeness (QED) is 0.661. The molecule has 1 saturated heterocycles. The fourth-order valence-corrected chi connectivity index (χ4v) is 3.14. The molecular formula is C18H20F2N4O2. The van der Waals surface area contributed by atoms with Crippen LogP contribution in [-0.4, -0.2) is 35.7 Å². The molecule has 1 aromatic carbocycles. The molecule has 0 spiro atoms. The van der Waals surface area contributed by atoms with E-state index in [2.05, 4.69) is 15.3 Å². The zero-order chi connectivity index (χ0) is 18.5. The summed E-state index contributed by atoms with van der Waals surface area (Å²) < 4.78 is 32.2. The Kier molecular flexibility index (Phi) is 5.75. The molecule has 2 heterocycles. The standard InChI is InChI=1S/C18H20F2N4O2/c19-13-1-2-15(16(20)7-13)18(23-21)17(10-25)22-14-3-5-24(9-14)8-12-4-6-26-11-12/h1-2,4,6-7,11,14,21-22,25H,3,5,8-10H2/b18-17-,23-21?. The van der Waals surface area contributed by atoms with Gasteiger partial charge in [0.05, 0.1) is 24.8 Å². The lowest BCUT2D eigenvalue weighted by molar-refractivity contribution is 0.305. The lowest BCUT2D eigenvalue weighted by atomic mass is 10.1. The number of hydrogen-bond acceptors (Lipinski definition) is 6. The van der Waals surface area contributed by atoms with Gasteiger partial charge in [0.2, 0.25) is 0 Å². The van der Waals surface area contributed by atoms with Crippen LogP contribution in [0.2, 0.25) is 0 Å². The first-order chi connectivity index (χ1) is 12.6. The molecule has 2 aromatic rings. The molecule has 0 radical (unpaired) electrons. The van der Waals surface area contributed by atoms with Gasteiger partial charge in [0, 0.05) is 42.9 Å². The molecule has 1 aromatic heterocycles. The Morgan fingerprint density at radius 3 is 2.88 bits per heavy atom. The first-order valence-corrected chi connectivity index (χ1v) is 8.27. The molecule has 0 aliphatic carbocycles. The van der Waals surface area contributed by atoms with Gasteiger partial charge < -0.3 is 14.8 Å². The maximum absolute atomic E-state index is 14.0. The third-order valence-corrected chi connectivity index (χ3v) is 4.38. The molecule has 1 fully saturated rings. The minimum atomic E-state index is -0.822. The van der Waals surface area contributed by atoms with Gasteiger partial charge >= 0.3 is 0 Å². The molecule has 0 saturated carbocycles. The van der Waals surface area contributed by atoms with Crippen LogP contribution in [0.25, 0.3) is 5.70 Å². The van der Waals surface area contributed by atoms with Gasteiger partial charge in [0.1, 0.15) is 17.3 Å². The van der Waals surface area contributed by atoms with Crippen LogP contribution in [0.5, 0.6) is 0 Å². The van der Waals surface area contributed by atoms with Gasteiger partial charge in [-0.2, -0.15) is 5.11 Å². The number of hydrogen-bond donors (Lipinski definition) is 3. The smallest absolute Gasteiger partial charge is 0.135 e. The summed E-state index contributed by atoms with van der Waals surface area (Å²) in [7, 11) is 0. The summed E-state index contributed by atoms with van der Waals surface area (Å²) in [5, 5.41) is 16.2. The second-order valence-electron chi connectivity index (χ2n) is 6.22. The molecule has 1 aliphatic rings. The number of rotatable bonds is 7. The van der Waals surface area contributed by atoms with Gasteiger partial charge in [-0.3, -0.25) is 4.90 Å². The summed E-state index contributed by atoms with van der Waals surface area (Å²) in [6.07, 6.45) is 4.17. The largest absolute Gasteiger partial charge is 0.472 e. The monoisotopic (exact) mass is 362 g/mol. The molecule has 1 unspecified atom stereocenters. The number of benzene rings is 1. The average molecular weight is 362 g/mol. The number of nitrogens with one attached hydrogen (secondary N) is 2. The van der Waals surface area contributed by atoms with Gasteiger partial charge in [-0.15, -0.1) is 0 Å². The maximum Gasteiger partial charge on any atom is 0.135 e. The van der Waals surface area contributed by atoms with Gasteiger partial charge in [-0.05, 0) is 24.6 Å². The van der Waals surface area contributed by atoms with Crippen molar-refractivity contribution in [3.05, 3.63) is 65.3 Å². The SMILES string of the molecule is N=N/C(=C(/CO)NC1CCN(Cc2ccoc2)C1)c1ccc(F)cc1F. The van der Waals surface area contributed by atoms with Crippen LogP contribution in [-0.2, 0) is 6.54 Å². The van der Waals surface area contributed by atoms with E-state index < -0.39 is 18.2 Å². The highest BCUT2D eigenvalue weighted by Gasteiger charge is 2.24. The third kappa shape index (κ3) is 4.14. The fourth-order valence-electron chi connectivity index (χ4n) is 3.14. The van der Waals surface area contributed by atoms with Crippen molar-refractivity contribution in [2.24, 2.45) is 5.11 Å². The van der Waals surface area contributed by atoms with E-state index in [1.807, 2.05) is 6.07 Å². The predicted octanol–water partition coefficient (Wildman–Crippen LogP) is 3.11. The summed E-state index contributed by atoms with van der Waals surface area (Å²) in [6.45, 7) is 1.92. The number of furan rings is 1. The fraction of sp³-hybridized carbons (Fsp3) is 0.333. The Morgan fingerprint density at radius 2 is 2.23 bits per heavy atom. The van der Waals surface area contributed by atoms with Crippen molar-refractivity contribution in [2.45, 2.75) is 19.0 Å². The van der Waals surface area contributed by atoms with Crippen LogP contribution >= 0.6 is 0 Å². The van der Waals surface area contributed by atoms with Crippen LogP contribution in [0, 0.1) is 17.2 Å². The first kappa shape index (κ1) is 18.2. The molecule has 6 nitrogen and oxygen atoms in total. The van der Waals surface area contributed by atoms with Crippen molar-refractivity contribution in [1.29, 1.82) is 5.53 Å². The third-order valence-electron chi connectivity index (χ3n) is 4.38. The highest BCUT2D eigenvalue weighted by atomic mass is 19.1. The van der Waals surface area contributed by atoms with E-state index in [0.29, 0.717) is 0 Å². The topological polar surface area (TPSA) is 84.8 Å². The average Bonchev–Trinajstić information content (AvgIpc) is 3.28. The van der Waals surface area contributed by atoms with Crippen LogP contribution in [0.3, 0.4) is 0 Å². The number of halogens is 2. The van der Waals surface area contributed by atoms with Crippen molar-refractivity contribution in [3.8, 4) is 0 Å². The van der Waals surface area contributed by atoms with Crippen LogP contribution < -0.4 is 5.32 Å². The Labute approximate surface area is 149 Å². The molecule has 1 atom stereocenters. The van der Waals surface area contributed by atoms with Gasteiger partial charge in [0.15, 0.2) is 0 Å². The first-order valence-electron chi connectivity index (χ1n) is 8.27. The van der Waals surface area contributed by atoms with Crippen molar-refractivity contribution in [2.75, 3.05) is 19.7 Å². The van der Waals surface area contributed by atoms with Crippen LogP contribution in [0.4, 0.5) is 8.78 Å². The van der Waals surface area contributed by atoms with Gasteiger partial charge in [-0.1, -0.05) is 0 Å². The van der Waals surface area contributed by atoms with E-state index in [0.717, 1.165) is 43.8 Å². The lowest BCUT2D eigenvalue weighted by Crippen LogP contribution is -2.33. The van der Waals surface area contributed by atoms with Crippen LogP contribution in [0.15, 0.2) is 52.0 Å². The predicted molar refractivity (Wildman–Crippen MR) is 91.0 cm³/mol. The normalized spacial score (nSPS) is 18.7. The molecule has 3 N–H and O–H groups in total. The van der Waals surface area contributed by atoms with Crippen molar-refractivity contribution < 1.29 is 18.3 Å². The molecule has 8 heteroatoms. The highest BCUT2D eigenvalue weighted by molar-refractivity contribution is 5.67. The van der Waals surface area contributed by atoms with Crippen molar-refractivity contribution in [1.82, 2.24) is 10.2 Å². The van der Waals surface area contributed by atoms with E-state index in [-0.39, 0.29) is 23.0 Å². The Bertz CT molecular complexity index is 792. The van der Waals surface area contributed by atoms with Gasteiger partial charge in [-0.25, -0.2) is 14.3 Å². The highest BCUT2D eigenvalue weighted by Crippen LogP contribution is 2.24. The molecule has 26 heavy (non-hydrogen) atoms. The number of aliphatic hydroxyl groups excluding tert-OH is 1. The molecule has 3 rings (SSSR count). The summed E-state index contributed by atoms with van der Waals surface area (Å²) in [5.41, 5.74) is 8.64. The molecular weight excluding hydrogens is 342 g/mol. The Morgan fingerprint density at radius 1 is 1.38 bits per heavy atom. The number of likely N-dealkylation sites (tertiary alicyclic amines) is 1. The zero-order valence-electron chi connectivity index (χ0n) is 14.1. The summed E-state index contributed by atoms with van der Waals surface area (Å²) >= 11 is 0. The van der Waals surface area contributed by atoms with E-state index in [9.17, 15) is 13.9 Å². The summed E-state index contributed by atoms with van der Waals surface area (Å²) in [5.74, 6) is -1.53. The Balaban J connectivity index is 1.73. The molecule has 0 bridgehead atoms. The number of nitrogens with zero attached hydrogens (tertiary/aromatic N) is 2. The second-order valence-corrected chi connectivity index (χ2v) is 6.22. The second kappa shape index (κ2) is 8.20. The van der Waals surface area contributed by atoms with E-state index >= 15 is 0 Å². The minimum Gasteiger partial charge on any atom is -0.472 e. The maximum atomic E-state index is 14.0. The Hall–Kier alpha value is -2.58. The van der Waals surface area contributed by atoms with Crippen molar-refractivity contribution in [3.63, 3.8) is 0 Å². The summed E-state index contributed by atoms with van der Waals surface area (Å²) in [6, 6.07) is 4.99. The van der Waals surface area contributed by atoms with Crippen molar-refractivity contribution >= 4 is 5.70 Å².